The molecule has 1 saturated heterocycles. The minimum atomic E-state index is -0.750. The monoisotopic (exact) mass is 285 g/mol. The average Bonchev–Trinajstić information content (AvgIpc) is 2.41. The van der Waals surface area contributed by atoms with Crippen molar-refractivity contribution in [2.24, 2.45) is 11.3 Å². The van der Waals surface area contributed by atoms with Gasteiger partial charge in [0.25, 0.3) is 0 Å². The van der Waals surface area contributed by atoms with Crippen LogP contribution < -0.4 is 4.90 Å². The van der Waals surface area contributed by atoms with E-state index in [9.17, 15) is 9.59 Å². The van der Waals surface area contributed by atoms with E-state index in [1.807, 2.05) is 0 Å². The van der Waals surface area contributed by atoms with E-state index >= 15 is 0 Å². The third kappa shape index (κ3) is 2.19. The number of piperidine rings is 1. The molecule has 0 radical (unpaired) electrons. The summed E-state index contributed by atoms with van der Waals surface area (Å²) in [5.74, 6) is 0.269. The number of ketones is 2. The van der Waals surface area contributed by atoms with E-state index in [1.165, 1.54) is 11.1 Å². The van der Waals surface area contributed by atoms with Crippen molar-refractivity contribution in [3.05, 3.63) is 29.3 Å². The average molecular weight is 285 g/mol. The van der Waals surface area contributed by atoms with Crippen LogP contribution in [0.3, 0.4) is 0 Å². The van der Waals surface area contributed by atoms with Gasteiger partial charge in [0.2, 0.25) is 0 Å². The van der Waals surface area contributed by atoms with Crippen molar-refractivity contribution in [1.82, 2.24) is 0 Å². The third-order valence-electron chi connectivity index (χ3n) is 5.43. The van der Waals surface area contributed by atoms with Gasteiger partial charge in [-0.3, -0.25) is 9.59 Å². The molecule has 21 heavy (non-hydrogen) atoms. The van der Waals surface area contributed by atoms with Crippen LogP contribution in [0.15, 0.2) is 18.2 Å². The first kappa shape index (κ1) is 14.3. The second kappa shape index (κ2) is 4.97. The Balaban J connectivity index is 1.97. The van der Waals surface area contributed by atoms with Crippen LogP contribution in [0.2, 0.25) is 0 Å². The fourth-order valence-corrected chi connectivity index (χ4v) is 3.86. The molecular weight excluding hydrogens is 262 g/mol. The molecule has 2 aliphatic rings. The van der Waals surface area contributed by atoms with Gasteiger partial charge < -0.3 is 4.90 Å². The molecule has 3 heteroatoms. The smallest absolute Gasteiger partial charge is 0.153 e. The SMILES string of the molecule is CC(=O)[C@@]12CCC[C@@H](CN(c3ccc(C)c(C)c3)C1)C2=O. The van der Waals surface area contributed by atoms with Crippen LogP contribution in [0.4, 0.5) is 5.69 Å². The van der Waals surface area contributed by atoms with Crippen LogP contribution in [0.1, 0.15) is 37.3 Å². The van der Waals surface area contributed by atoms with E-state index in [0.29, 0.717) is 6.54 Å². The molecule has 1 aromatic rings. The third-order valence-corrected chi connectivity index (χ3v) is 5.43. The van der Waals surface area contributed by atoms with Crippen molar-refractivity contribution in [2.75, 3.05) is 18.0 Å². The molecule has 1 aliphatic heterocycles. The highest BCUT2D eigenvalue weighted by Crippen LogP contribution is 2.43. The predicted molar refractivity (Wildman–Crippen MR) is 83.6 cm³/mol. The topological polar surface area (TPSA) is 37.4 Å². The summed E-state index contributed by atoms with van der Waals surface area (Å²) in [7, 11) is 0. The number of aryl methyl sites for hydroxylation is 2. The molecule has 3 rings (SSSR count). The van der Waals surface area contributed by atoms with Crippen LogP contribution in [0.25, 0.3) is 0 Å². The Morgan fingerprint density at radius 1 is 1.29 bits per heavy atom. The molecule has 1 saturated carbocycles. The number of benzene rings is 1. The zero-order valence-corrected chi connectivity index (χ0v) is 13.1. The molecule has 112 valence electrons. The van der Waals surface area contributed by atoms with Crippen LogP contribution >= 0.6 is 0 Å². The Morgan fingerprint density at radius 3 is 2.71 bits per heavy atom. The maximum Gasteiger partial charge on any atom is 0.153 e. The van der Waals surface area contributed by atoms with Crippen molar-refractivity contribution < 1.29 is 9.59 Å². The summed E-state index contributed by atoms with van der Waals surface area (Å²) in [4.78, 5) is 27.1. The molecule has 2 bridgehead atoms. The summed E-state index contributed by atoms with van der Waals surface area (Å²) >= 11 is 0. The summed E-state index contributed by atoms with van der Waals surface area (Å²) in [6.45, 7) is 7.11. The fourth-order valence-electron chi connectivity index (χ4n) is 3.86. The van der Waals surface area contributed by atoms with Gasteiger partial charge in [0.1, 0.15) is 11.2 Å². The van der Waals surface area contributed by atoms with Gasteiger partial charge in [-0.05, 0) is 56.9 Å². The van der Waals surface area contributed by atoms with Gasteiger partial charge in [-0.1, -0.05) is 12.5 Å². The lowest BCUT2D eigenvalue weighted by molar-refractivity contribution is -0.146. The fraction of sp³-hybridized carbons (Fsp3) is 0.556. The summed E-state index contributed by atoms with van der Waals surface area (Å²) < 4.78 is 0. The van der Waals surface area contributed by atoms with Crippen LogP contribution in [-0.4, -0.2) is 24.7 Å². The number of fused-ring (bicyclic) bond motifs is 2. The Kier molecular flexibility index (Phi) is 3.39. The van der Waals surface area contributed by atoms with E-state index < -0.39 is 5.41 Å². The minimum absolute atomic E-state index is 0.0259. The molecule has 1 aliphatic carbocycles. The maximum absolute atomic E-state index is 12.6. The minimum Gasteiger partial charge on any atom is -0.369 e. The molecule has 1 heterocycles. The predicted octanol–water partition coefficient (Wildman–Crippen LogP) is 3.07. The Hall–Kier alpha value is -1.64. The summed E-state index contributed by atoms with van der Waals surface area (Å²) in [6, 6.07) is 6.41. The van der Waals surface area contributed by atoms with Crippen molar-refractivity contribution in [1.29, 1.82) is 0 Å². The number of nitrogens with zero attached hydrogens (tertiary/aromatic N) is 1. The van der Waals surface area contributed by atoms with E-state index in [2.05, 4.69) is 36.9 Å². The van der Waals surface area contributed by atoms with Crippen molar-refractivity contribution >= 4 is 17.3 Å². The molecule has 0 amide bonds. The standard InChI is InChI=1S/C18H23NO2/c1-12-6-7-16(9-13(12)2)19-10-15-5-4-8-18(11-19,14(3)20)17(15)21/h6-7,9,15H,4-5,8,10-11H2,1-3H3/t15-,18+/m0/s1. The van der Waals surface area contributed by atoms with Gasteiger partial charge >= 0.3 is 0 Å². The lowest BCUT2D eigenvalue weighted by Crippen LogP contribution is -2.59. The molecule has 0 aromatic heterocycles. The first-order valence-corrected chi connectivity index (χ1v) is 7.81. The molecule has 0 unspecified atom stereocenters. The first-order valence-electron chi connectivity index (χ1n) is 7.81. The number of anilines is 1. The number of rotatable bonds is 2. The van der Waals surface area contributed by atoms with E-state index in [1.54, 1.807) is 6.92 Å². The van der Waals surface area contributed by atoms with Gasteiger partial charge in [0.05, 0.1) is 0 Å². The summed E-state index contributed by atoms with van der Waals surface area (Å²) in [5, 5.41) is 0. The lowest BCUT2D eigenvalue weighted by atomic mass is 9.63. The Bertz CT molecular complexity index is 607. The number of hydrogen-bond acceptors (Lipinski definition) is 3. The molecule has 0 spiro atoms. The van der Waals surface area contributed by atoms with Crippen molar-refractivity contribution in [3.8, 4) is 0 Å². The molecular formula is C18H23NO2. The first-order chi connectivity index (χ1) is 9.94. The second-order valence-electron chi connectivity index (χ2n) is 6.74. The van der Waals surface area contributed by atoms with Gasteiger partial charge in [-0.2, -0.15) is 0 Å². The molecule has 1 aromatic carbocycles. The quantitative estimate of drug-likeness (QED) is 0.784. The lowest BCUT2D eigenvalue weighted by Gasteiger charge is -2.47. The zero-order chi connectivity index (χ0) is 15.2. The Labute approximate surface area is 126 Å². The zero-order valence-electron chi connectivity index (χ0n) is 13.1. The van der Waals surface area contributed by atoms with Crippen LogP contribution in [-0.2, 0) is 9.59 Å². The van der Waals surface area contributed by atoms with Crippen molar-refractivity contribution in [2.45, 2.75) is 40.0 Å². The number of hydrogen-bond donors (Lipinski definition) is 0. The van der Waals surface area contributed by atoms with Gasteiger partial charge in [-0.25, -0.2) is 0 Å². The summed E-state index contributed by atoms with van der Waals surface area (Å²) in [5.41, 5.74) is 2.92. The normalized spacial score (nSPS) is 28.6. The Morgan fingerprint density at radius 2 is 2.05 bits per heavy atom. The highest BCUT2D eigenvalue weighted by Gasteiger charge is 2.52. The van der Waals surface area contributed by atoms with E-state index in [-0.39, 0.29) is 17.5 Å². The van der Waals surface area contributed by atoms with E-state index in [4.69, 9.17) is 0 Å². The maximum atomic E-state index is 12.6. The number of Topliss-reactive ketones (excluding diaryl/α,β-unsaturated/α-hetero) is 2. The molecule has 2 atom stereocenters. The van der Waals surface area contributed by atoms with Crippen LogP contribution in [0.5, 0.6) is 0 Å². The van der Waals surface area contributed by atoms with Crippen LogP contribution in [0, 0.1) is 25.2 Å². The molecule has 3 nitrogen and oxygen atoms in total. The van der Waals surface area contributed by atoms with Gasteiger partial charge in [0.15, 0.2) is 5.78 Å². The van der Waals surface area contributed by atoms with Crippen molar-refractivity contribution in [3.63, 3.8) is 0 Å². The second-order valence-corrected chi connectivity index (χ2v) is 6.74. The highest BCUT2D eigenvalue weighted by molar-refractivity contribution is 6.09. The number of carbonyl (C=O) groups excluding carboxylic acids is 2. The van der Waals surface area contributed by atoms with Gasteiger partial charge in [0, 0.05) is 24.7 Å². The highest BCUT2D eigenvalue weighted by atomic mass is 16.2. The number of carbonyl (C=O) groups is 2. The summed E-state index contributed by atoms with van der Waals surface area (Å²) in [6.07, 6.45) is 2.64. The molecule has 0 N–H and O–H groups in total. The van der Waals surface area contributed by atoms with E-state index in [0.717, 1.165) is 31.5 Å². The largest absolute Gasteiger partial charge is 0.369 e. The van der Waals surface area contributed by atoms with Gasteiger partial charge in [-0.15, -0.1) is 0 Å². The molecule has 2 fully saturated rings.